The van der Waals surface area contributed by atoms with Crippen molar-refractivity contribution in [2.24, 2.45) is 5.92 Å². The first kappa shape index (κ1) is 11.0. The predicted octanol–water partition coefficient (Wildman–Crippen LogP) is 1.23. The average Bonchev–Trinajstić information content (AvgIpc) is 3.05. The number of imidazole rings is 1. The Balaban J connectivity index is 1.36. The lowest BCUT2D eigenvalue weighted by molar-refractivity contribution is 0.0395. The van der Waals surface area contributed by atoms with Gasteiger partial charge in [-0.3, -0.25) is 4.90 Å². The molecule has 0 spiro atoms. The van der Waals surface area contributed by atoms with E-state index < -0.39 is 0 Å². The van der Waals surface area contributed by atoms with Crippen LogP contribution in [0.5, 0.6) is 0 Å². The number of hydrogen-bond acceptors (Lipinski definition) is 3. The summed E-state index contributed by atoms with van der Waals surface area (Å²) in [6.07, 6.45) is 9.65. The topological polar surface area (TPSA) is 33.1 Å². The first-order chi connectivity index (χ1) is 8.90. The van der Waals surface area contributed by atoms with Crippen LogP contribution in [0.2, 0.25) is 0 Å². The molecule has 0 bridgehead atoms. The monoisotopic (exact) mass is 246 g/mol. The van der Waals surface area contributed by atoms with Crippen LogP contribution < -0.4 is 5.32 Å². The molecule has 1 aromatic rings. The minimum atomic E-state index is 0.807. The molecule has 4 rings (SSSR count). The van der Waals surface area contributed by atoms with Crippen molar-refractivity contribution in [2.75, 3.05) is 13.1 Å². The second-order valence-corrected chi connectivity index (χ2v) is 6.09. The maximum absolute atomic E-state index is 4.46. The largest absolute Gasteiger partial charge is 0.333 e. The lowest BCUT2D eigenvalue weighted by Gasteiger charge is -2.46. The molecule has 2 unspecified atom stereocenters. The standard InChI is InChI=1S/C14H22N4/c1-4-13(11(1)9-16-12-2-3-12)18-8-7-17-6-5-15-14(17)10-18/h5-6,11-13,16H,1-4,7-10H2. The molecule has 2 heterocycles. The van der Waals surface area contributed by atoms with Crippen molar-refractivity contribution in [1.82, 2.24) is 19.8 Å². The van der Waals surface area contributed by atoms with E-state index in [2.05, 4.69) is 26.0 Å². The van der Waals surface area contributed by atoms with Gasteiger partial charge < -0.3 is 9.88 Å². The average molecular weight is 246 g/mol. The van der Waals surface area contributed by atoms with E-state index in [0.717, 1.165) is 31.1 Å². The summed E-state index contributed by atoms with van der Waals surface area (Å²) in [5, 5.41) is 3.69. The molecule has 0 aromatic carbocycles. The van der Waals surface area contributed by atoms with Gasteiger partial charge >= 0.3 is 0 Å². The maximum Gasteiger partial charge on any atom is 0.122 e. The fraction of sp³-hybridized carbons (Fsp3) is 0.786. The molecule has 3 aliphatic rings. The third-order valence-corrected chi connectivity index (χ3v) is 4.87. The SMILES string of the molecule is c1cn2c(n1)CN(C1CCC1CNC1CC1)CC2. The van der Waals surface area contributed by atoms with E-state index >= 15 is 0 Å². The van der Waals surface area contributed by atoms with Crippen LogP contribution >= 0.6 is 0 Å². The van der Waals surface area contributed by atoms with Gasteiger partial charge in [0.05, 0.1) is 6.54 Å². The third kappa shape index (κ3) is 1.97. The van der Waals surface area contributed by atoms with Crippen molar-refractivity contribution in [3.05, 3.63) is 18.2 Å². The number of aromatic nitrogens is 2. The van der Waals surface area contributed by atoms with E-state index in [-0.39, 0.29) is 0 Å². The van der Waals surface area contributed by atoms with Crippen molar-refractivity contribution in [3.63, 3.8) is 0 Å². The molecule has 0 radical (unpaired) electrons. The molecule has 2 aliphatic carbocycles. The summed E-state index contributed by atoms with van der Waals surface area (Å²) in [6, 6.07) is 1.66. The Kier molecular flexibility index (Phi) is 2.66. The highest BCUT2D eigenvalue weighted by molar-refractivity contribution is 5.00. The smallest absolute Gasteiger partial charge is 0.122 e. The van der Waals surface area contributed by atoms with Gasteiger partial charge in [0.25, 0.3) is 0 Å². The van der Waals surface area contributed by atoms with E-state index in [4.69, 9.17) is 0 Å². The summed E-state index contributed by atoms with van der Waals surface area (Å²) in [4.78, 5) is 7.12. The van der Waals surface area contributed by atoms with Crippen LogP contribution in [0, 0.1) is 5.92 Å². The Morgan fingerprint density at radius 3 is 2.94 bits per heavy atom. The zero-order valence-electron chi connectivity index (χ0n) is 10.9. The van der Waals surface area contributed by atoms with E-state index in [9.17, 15) is 0 Å². The van der Waals surface area contributed by atoms with E-state index in [1.807, 2.05) is 6.20 Å². The van der Waals surface area contributed by atoms with E-state index in [0.29, 0.717) is 0 Å². The van der Waals surface area contributed by atoms with Crippen molar-refractivity contribution in [1.29, 1.82) is 0 Å². The summed E-state index contributed by atoms with van der Waals surface area (Å²) < 4.78 is 2.30. The Morgan fingerprint density at radius 2 is 2.17 bits per heavy atom. The van der Waals surface area contributed by atoms with Crippen LogP contribution in [0.4, 0.5) is 0 Å². The van der Waals surface area contributed by atoms with Crippen molar-refractivity contribution >= 4 is 0 Å². The van der Waals surface area contributed by atoms with Gasteiger partial charge in [-0.15, -0.1) is 0 Å². The number of nitrogens with zero attached hydrogens (tertiary/aromatic N) is 3. The van der Waals surface area contributed by atoms with Crippen LogP contribution in [0.3, 0.4) is 0 Å². The third-order valence-electron chi connectivity index (χ3n) is 4.87. The van der Waals surface area contributed by atoms with Gasteiger partial charge in [-0.05, 0) is 38.1 Å². The summed E-state index contributed by atoms with van der Waals surface area (Å²) in [7, 11) is 0. The molecule has 1 aliphatic heterocycles. The van der Waals surface area contributed by atoms with Gasteiger partial charge in [0.15, 0.2) is 0 Å². The molecule has 0 saturated heterocycles. The van der Waals surface area contributed by atoms with Crippen molar-refractivity contribution in [2.45, 2.75) is 50.9 Å². The molecule has 0 amide bonds. The van der Waals surface area contributed by atoms with Gasteiger partial charge in [0.1, 0.15) is 5.82 Å². The zero-order chi connectivity index (χ0) is 11.9. The molecule has 2 fully saturated rings. The summed E-state index contributed by atoms with van der Waals surface area (Å²) in [6.45, 7) is 4.61. The number of fused-ring (bicyclic) bond motifs is 1. The minimum absolute atomic E-state index is 0.807. The molecule has 4 nitrogen and oxygen atoms in total. The van der Waals surface area contributed by atoms with Gasteiger partial charge in [0, 0.05) is 37.6 Å². The molecular weight excluding hydrogens is 224 g/mol. The lowest BCUT2D eigenvalue weighted by atomic mass is 9.78. The van der Waals surface area contributed by atoms with Gasteiger partial charge in [0.2, 0.25) is 0 Å². The molecule has 2 atom stereocenters. The highest BCUT2D eigenvalue weighted by Gasteiger charge is 2.37. The number of hydrogen-bond donors (Lipinski definition) is 1. The molecule has 4 heteroatoms. The second-order valence-electron chi connectivity index (χ2n) is 6.09. The maximum atomic E-state index is 4.46. The van der Waals surface area contributed by atoms with Gasteiger partial charge in [-0.25, -0.2) is 4.98 Å². The molecule has 1 aromatic heterocycles. The zero-order valence-corrected chi connectivity index (χ0v) is 10.9. The number of nitrogens with one attached hydrogen (secondary N) is 1. The van der Waals surface area contributed by atoms with E-state index in [1.54, 1.807) is 0 Å². The van der Waals surface area contributed by atoms with Gasteiger partial charge in [-0.2, -0.15) is 0 Å². The van der Waals surface area contributed by atoms with Crippen LogP contribution in [-0.4, -0.2) is 39.6 Å². The molecule has 98 valence electrons. The molecule has 18 heavy (non-hydrogen) atoms. The van der Waals surface area contributed by atoms with Crippen LogP contribution in [0.25, 0.3) is 0 Å². The normalized spacial score (nSPS) is 32.0. The lowest BCUT2D eigenvalue weighted by Crippen LogP contribution is -2.52. The Hall–Kier alpha value is -0.870. The summed E-state index contributed by atoms with van der Waals surface area (Å²) in [5.74, 6) is 2.13. The van der Waals surface area contributed by atoms with Crippen LogP contribution in [0.15, 0.2) is 12.4 Å². The fourth-order valence-electron chi connectivity index (χ4n) is 3.35. The summed E-state index contributed by atoms with van der Waals surface area (Å²) >= 11 is 0. The first-order valence-corrected chi connectivity index (χ1v) is 7.37. The predicted molar refractivity (Wildman–Crippen MR) is 70.2 cm³/mol. The molecular formula is C14H22N4. The molecule has 2 saturated carbocycles. The Bertz CT molecular complexity index is 423. The Labute approximate surface area is 108 Å². The van der Waals surface area contributed by atoms with Crippen LogP contribution in [0.1, 0.15) is 31.5 Å². The molecule has 1 N–H and O–H groups in total. The van der Waals surface area contributed by atoms with Crippen molar-refractivity contribution < 1.29 is 0 Å². The van der Waals surface area contributed by atoms with Gasteiger partial charge in [-0.1, -0.05) is 0 Å². The Morgan fingerprint density at radius 1 is 1.22 bits per heavy atom. The second kappa shape index (κ2) is 4.35. The first-order valence-electron chi connectivity index (χ1n) is 7.37. The summed E-state index contributed by atoms with van der Waals surface area (Å²) in [5.41, 5.74) is 0. The highest BCUT2D eigenvalue weighted by Crippen LogP contribution is 2.34. The fourth-order valence-corrected chi connectivity index (χ4v) is 3.35. The van der Waals surface area contributed by atoms with Crippen LogP contribution in [-0.2, 0) is 13.1 Å². The van der Waals surface area contributed by atoms with E-state index in [1.165, 1.54) is 44.6 Å². The highest BCUT2D eigenvalue weighted by atomic mass is 15.3. The number of rotatable bonds is 4. The van der Waals surface area contributed by atoms with Crippen molar-refractivity contribution in [3.8, 4) is 0 Å². The minimum Gasteiger partial charge on any atom is -0.333 e. The quantitative estimate of drug-likeness (QED) is 0.867.